The van der Waals surface area contributed by atoms with Crippen LogP contribution in [0.2, 0.25) is 0 Å². The van der Waals surface area contributed by atoms with E-state index in [1.165, 1.54) is 65.0 Å². The van der Waals surface area contributed by atoms with Crippen LogP contribution in [0.15, 0.2) is 0 Å². The molecular weight excluding hydrogens is 198 g/mol. The Kier molecular flexibility index (Phi) is 4.22. The van der Waals surface area contributed by atoms with Gasteiger partial charge in [0.1, 0.15) is 0 Å². The van der Waals surface area contributed by atoms with Crippen LogP contribution >= 0.6 is 0 Å². The standard InChI is InChI=1S/C13H27N3/c1-3-5-13(6-4-7-14-13)12-16-10-8-15(2)9-11-16/h14H,3-12H2,1-2H3. The molecular formula is C13H27N3. The molecule has 3 heteroatoms. The molecule has 1 unspecified atom stereocenters. The number of hydrogen-bond acceptors (Lipinski definition) is 3. The summed E-state index contributed by atoms with van der Waals surface area (Å²) in [6, 6.07) is 0. The third-order valence-electron chi connectivity index (χ3n) is 4.18. The summed E-state index contributed by atoms with van der Waals surface area (Å²) in [6.45, 7) is 9.80. The highest BCUT2D eigenvalue weighted by atomic mass is 15.3. The van der Waals surface area contributed by atoms with Crippen LogP contribution < -0.4 is 5.32 Å². The molecule has 1 atom stereocenters. The van der Waals surface area contributed by atoms with E-state index in [1.807, 2.05) is 0 Å². The van der Waals surface area contributed by atoms with E-state index in [0.717, 1.165) is 0 Å². The van der Waals surface area contributed by atoms with Crippen molar-refractivity contribution in [1.82, 2.24) is 15.1 Å². The van der Waals surface area contributed by atoms with Crippen LogP contribution in [-0.4, -0.2) is 61.7 Å². The molecule has 2 rings (SSSR count). The van der Waals surface area contributed by atoms with Crippen LogP contribution in [0.1, 0.15) is 32.6 Å². The van der Waals surface area contributed by atoms with Gasteiger partial charge in [-0.05, 0) is 32.9 Å². The summed E-state index contributed by atoms with van der Waals surface area (Å²) in [5, 5.41) is 3.77. The molecule has 2 fully saturated rings. The Morgan fingerprint density at radius 1 is 1.19 bits per heavy atom. The molecule has 2 aliphatic heterocycles. The molecule has 1 N–H and O–H groups in total. The first-order chi connectivity index (χ1) is 7.74. The Bertz CT molecular complexity index is 203. The number of nitrogens with zero attached hydrogens (tertiary/aromatic N) is 2. The summed E-state index contributed by atoms with van der Waals surface area (Å²) in [4.78, 5) is 5.10. The van der Waals surface area contributed by atoms with Gasteiger partial charge in [-0.2, -0.15) is 0 Å². The number of hydrogen-bond donors (Lipinski definition) is 1. The van der Waals surface area contributed by atoms with E-state index in [9.17, 15) is 0 Å². The van der Waals surface area contributed by atoms with Crippen molar-refractivity contribution in [3.8, 4) is 0 Å². The smallest absolute Gasteiger partial charge is 0.0309 e. The van der Waals surface area contributed by atoms with E-state index < -0.39 is 0 Å². The molecule has 2 heterocycles. The Morgan fingerprint density at radius 3 is 2.50 bits per heavy atom. The zero-order valence-electron chi connectivity index (χ0n) is 11.0. The van der Waals surface area contributed by atoms with Crippen LogP contribution in [0.3, 0.4) is 0 Å². The number of rotatable bonds is 4. The van der Waals surface area contributed by atoms with Crippen LogP contribution in [0, 0.1) is 0 Å². The van der Waals surface area contributed by atoms with Gasteiger partial charge in [-0.3, -0.25) is 4.90 Å². The molecule has 0 aromatic heterocycles. The summed E-state index contributed by atoms with van der Waals surface area (Å²) in [7, 11) is 2.23. The molecule has 0 aromatic carbocycles. The molecule has 0 aromatic rings. The van der Waals surface area contributed by atoms with Gasteiger partial charge in [0.2, 0.25) is 0 Å². The fourth-order valence-electron chi connectivity index (χ4n) is 3.21. The molecule has 0 spiro atoms. The summed E-state index contributed by atoms with van der Waals surface area (Å²) in [5.74, 6) is 0. The zero-order valence-corrected chi connectivity index (χ0v) is 11.0. The first-order valence-corrected chi connectivity index (χ1v) is 6.90. The largest absolute Gasteiger partial charge is 0.310 e. The van der Waals surface area contributed by atoms with Crippen molar-refractivity contribution >= 4 is 0 Å². The maximum atomic E-state index is 3.77. The SMILES string of the molecule is CCCC1(CN2CCN(C)CC2)CCCN1. The van der Waals surface area contributed by atoms with Gasteiger partial charge < -0.3 is 10.2 Å². The molecule has 0 aliphatic carbocycles. The lowest BCUT2D eigenvalue weighted by Gasteiger charge is -2.39. The first kappa shape index (κ1) is 12.3. The van der Waals surface area contributed by atoms with Gasteiger partial charge >= 0.3 is 0 Å². The van der Waals surface area contributed by atoms with Crippen molar-refractivity contribution in [3.05, 3.63) is 0 Å². The quantitative estimate of drug-likeness (QED) is 0.774. The second-order valence-corrected chi connectivity index (χ2v) is 5.64. The third-order valence-corrected chi connectivity index (χ3v) is 4.18. The number of piperazine rings is 1. The summed E-state index contributed by atoms with van der Waals surface area (Å²) in [5.41, 5.74) is 0.449. The second-order valence-electron chi connectivity index (χ2n) is 5.64. The second kappa shape index (κ2) is 5.48. The van der Waals surface area contributed by atoms with Gasteiger partial charge in [-0.1, -0.05) is 13.3 Å². The highest BCUT2D eigenvalue weighted by molar-refractivity contribution is 4.95. The summed E-state index contributed by atoms with van der Waals surface area (Å²) >= 11 is 0. The molecule has 0 saturated carbocycles. The van der Waals surface area contributed by atoms with Crippen molar-refractivity contribution < 1.29 is 0 Å². The molecule has 3 nitrogen and oxygen atoms in total. The van der Waals surface area contributed by atoms with E-state index in [1.54, 1.807) is 0 Å². The summed E-state index contributed by atoms with van der Waals surface area (Å²) in [6.07, 6.45) is 5.40. The third kappa shape index (κ3) is 2.96. The van der Waals surface area contributed by atoms with Crippen molar-refractivity contribution in [3.63, 3.8) is 0 Å². The maximum absolute atomic E-state index is 3.77. The highest BCUT2D eigenvalue weighted by Gasteiger charge is 2.34. The topological polar surface area (TPSA) is 18.5 Å². The predicted octanol–water partition coefficient (Wildman–Crippen LogP) is 1.16. The van der Waals surface area contributed by atoms with Crippen LogP contribution in [0.25, 0.3) is 0 Å². The molecule has 94 valence electrons. The molecule has 16 heavy (non-hydrogen) atoms. The van der Waals surface area contributed by atoms with Crippen molar-refractivity contribution in [2.45, 2.75) is 38.1 Å². The zero-order chi connectivity index (χ0) is 11.4. The van der Waals surface area contributed by atoms with Gasteiger partial charge in [0.05, 0.1) is 0 Å². The lowest BCUT2D eigenvalue weighted by atomic mass is 9.91. The Balaban J connectivity index is 1.85. The first-order valence-electron chi connectivity index (χ1n) is 6.90. The van der Waals surface area contributed by atoms with Gasteiger partial charge in [0.15, 0.2) is 0 Å². The number of likely N-dealkylation sites (N-methyl/N-ethyl adjacent to an activating group) is 1. The lowest BCUT2D eigenvalue weighted by molar-refractivity contribution is 0.116. The Hall–Kier alpha value is -0.120. The van der Waals surface area contributed by atoms with Gasteiger partial charge in [-0.15, -0.1) is 0 Å². The normalized spacial score (nSPS) is 33.4. The molecule has 0 amide bonds. The molecule has 2 aliphatic rings. The van der Waals surface area contributed by atoms with Gasteiger partial charge in [0.25, 0.3) is 0 Å². The molecule has 0 bridgehead atoms. The van der Waals surface area contributed by atoms with E-state index in [2.05, 4.69) is 29.1 Å². The average Bonchev–Trinajstić information content (AvgIpc) is 2.71. The lowest BCUT2D eigenvalue weighted by Crippen LogP contribution is -2.54. The minimum absolute atomic E-state index is 0.449. The van der Waals surface area contributed by atoms with E-state index >= 15 is 0 Å². The van der Waals surface area contributed by atoms with Crippen LogP contribution in [0.4, 0.5) is 0 Å². The average molecular weight is 225 g/mol. The predicted molar refractivity (Wildman–Crippen MR) is 68.8 cm³/mol. The van der Waals surface area contributed by atoms with Crippen molar-refractivity contribution in [2.24, 2.45) is 0 Å². The monoisotopic (exact) mass is 225 g/mol. The maximum Gasteiger partial charge on any atom is 0.0309 e. The fourth-order valence-corrected chi connectivity index (χ4v) is 3.21. The van der Waals surface area contributed by atoms with E-state index in [0.29, 0.717) is 5.54 Å². The highest BCUT2D eigenvalue weighted by Crippen LogP contribution is 2.26. The minimum atomic E-state index is 0.449. The van der Waals surface area contributed by atoms with Gasteiger partial charge in [0, 0.05) is 38.3 Å². The fraction of sp³-hybridized carbons (Fsp3) is 1.00. The Morgan fingerprint density at radius 2 is 1.94 bits per heavy atom. The van der Waals surface area contributed by atoms with E-state index in [-0.39, 0.29) is 0 Å². The molecule has 2 saturated heterocycles. The van der Waals surface area contributed by atoms with Crippen LogP contribution in [-0.2, 0) is 0 Å². The van der Waals surface area contributed by atoms with E-state index in [4.69, 9.17) is 0 Å². The van der Waals surface area contributed by atoms with Crippen LogP contribution in [0.5, 0.6) is 0 Å². The summed E-state index contributed by atoms with van der Waals surface area (Å²) < 4.78 is 0. The minimum Gasteiger partial charge on any atom is -0.310 e. The number of nitrogens with one attached hydrogen (secondary N) is 1. The van der Waals surface area contributed by atoms with Gasteiger partial charge in [-0.25, -0.2) is 0 Å². The van der Waals surface area contributed by atoms with Crippen molar-refractivity contribution in [1.29, 1.82) is 0 Å². The molecule has 0 radical (unpaired) electrons. The Labute approximate surface area is 100 Å². The van der Waals surface area contributed by atoms with Crippen molar-refractivity contribution in [2.75, 3.05) is 46.3 Å².